The third-order valence-corrected chi connectivity index (χ3v) is 3.65. The summed E-state index contributed by atoms with van der Waals surface area (Å²) >= 11 is 0. The standard InChI is InChI=1S/C15H23FN2O/c1-3-14-10-19-11(2)9-18(14)15-7-12(4-5-17)6-13(16)8-15/h6-8,11,14H,3-5,9-10,17H2,1-2H3. The van der Waals surface area contributed by atoms with Crippen LogP contribution in [-0.2, 0) is 11.2 Å². The number of nitrogens with two attached hydrogens (primary N) is 1. The van der Waals surface area contributed by atoms with Crippen LogP contribution in [0.2, 0.25) is 0 Å². The van der Waals surface area contributed by atoms with Crippen molar-refractivity contribution in [1.29, 1.82) is 0 Å². The number of rotatable bonds is 4. The van der Waals surface area contributed by atoms with Crippen LogP contribution < -0.4 is 10.6 Å². The molecule has 0 radical (unpaired) electrons. The number of nitrogens with zero attached hydrogens (tertiary/aromatic N) is 1. The number of morpholine rings is 1. The Morgan fingerprint density at radius 3 is 2.89 bits per heavy atom. The van der Waals surface area contributed by atoms with Crippen LogP contribution in [0, 0.1) is 5.82 Å². The van der Waals surface area contributed by atoms with Gasteiger partial charge in [0.1, 0.15) is 5.82 Å². The fourth-order valence-corrected chi connectivity index (χ4v) is 2.61. The van der Waals surface area contributed by atoms with E-state index in [1.54, 1.807) is 12.1 Å². The van der Waals surface area contributed by atoms with Crippen molar-refractivity contribution in [2.45, 2.75) is 38.8 Å². The van der Waals surface area contributed by atoms with Crippen molar-refractivity contribution in [3.05, 3.63) is 29.6 Å². The minimum absolute atomic E-state index is 0.184. The van der Waals surface area contributed by atoms with E-state index in [4.69, 9.17) is 10.5 Å². The van der Waals surface area contributed by atoms with Gasteiger partial charge in [-0.15, -0.1) is 0 Å². The van der Waals surface area contributed by atoms with E-state index in [0.717, 1.165) is 24.2 Å². The molecule has 1 aliphatic rings. The molecular weight excluding hydrogens is 243 g/mol. The second kappa shape index (κ2) is 6.35. The predicted molar refractivity (Wildman–Crippen MR) is 76.0 cm³/mol. The van der Waals surface area contributed by atoms with Gasteiger partial charge in [-0.1, -0.05) is 6.92 Å². The summed E-state index contributed by atoms with van der Waals surface area (Å²) in [5.41, 5.74) is 7.47. The molecule has 2 atom stereocenters. The minimum Gasteiger partial charge on any atom is -0.375 e. The summed E-state index contributed by atoms with van der Waals surface area (Å²) in [4.78, 5) is 2.26. The Balaban J connectivity index is 2.27. The number of hydrogen-bond acceptors (Lipinski definition) is 3. The molecule has 1 aromatic carbocycles. The molecule has 4 heteroatoms. The molecule has 1 saturated heterocycles. The second-order valence-electron chi connectivity index (χ2n) is 5.21. The van der Waals surface area contributed by atoms with Crippen LogP contribution in [-0.4, -0.2) is 31.8 Å². The summed E-state index contributed by atoms with van der Waals surface area (Å²) in [5.74, 6) is -0.185. The van der Waals surface area contributed by atoms with Crippen LogP contribution in [0.3, 0.4) is 0 Å². The summed E-state index contributed by atoms with van der Waals surface area (Å²) in [7, 11) is 0. The number of anilines is 1. The van der Waals surface area contributed by atoms with Crippen LogP contribution in [0.1, 0.15) is 25.8 Å². The molecule has 1 fully saturated rings. The topological polar surface area (TPSA) is 38.5 Å². The number of benzene rings is 1. The van der Waals surface area contributed by atoms with Crippen LogP contribution >= 0.6 is 0 Å². The van der Waals surface area contributed by atoms with E-state index in [0.29, 0.717) is 25.6 Å². The highest BCUT2D eigenvalue weighted by atomic mass is 19.1. The molecule has 0 aromatic heterocycles. The van der Waals surface area contributed by atoms with E-state index in [1.807, 2.05) is 0 Å². The lowest BCUT2D eigenvalue weighted by molar-refractivity contribution is 0.0299. The Hall–Kier alpha value is -1.13. The number of halogens is 1. The van der Waals surface area contributed by atoms with Gasteiger partial charge < -0.3 is 15.4 Å². The van der Waals surface area contributed by atoms with Gasteiger partial charge in [0, 0.05) is 12.2 Å². The molecule has 1 aliphatic heterocycles. The van der Waals surface area contributed by atoms with Gasteiger partial charge in [-0.2, -0.15) is 0 Å². The first-order chi connectivity index (χ1) is 9.13. The molecule has 1 heterocycles. The van der Waals surface area contributed by atoms with Crippen molar-refractivity contribution in [1.82, 2.24) is 0 Å². The zero-order valence-corrected chi connectivity index (χ0v) is 11.7. The monoisotopic (exact) mass is 266 g/mol. The van der Waals surface area contributed by atoms with Gasteiger partial charge in [-0.25, -0.2) is 4.39 Å². The highest BCUT2D eigenvalue weighted by Crippen LogP contribution is 2.25. The molecule has 1 aromatic rings. The molecule has 2 N–H and O–H groups in total. The van der Waals surface area contributed by atoms with Crippen molar-refractivity contribution in [3.63, 3.8) is 0 Å². The molecule has 106 valence electrons. The number of ether oxygens (including phenoxy) is 1. The van der Waals surface area contributed by atoms with Crippen molar-refractivity contribution in [2.24, 2.45) is 5.73 Å². The SMILES string of the molecule is CCC1COC(C)CN1c1cc(F)cc(CCN)c1. The molecule has 0 spiro atoms. The molecule has 2 unspecified atom stereocenters. The highest BCUT2D eigenvalue weighted by molar-refractivity contribution is 5.50. The van der Waals surface area contributed by atoms with E-state index < -0.39 is 0 Å². The lowest BCUT2D eigenvalue weighted by atomic mass is 10.1. The zero-order valence-electron chi connectivity index (χ0n) is 11.7. The minimum atomic E-state index is -0.185. The Morgan fingerprint density at radius 1 is 1.42 bits per heavy atom. The molecule has 0 saturated carbocycles. The molecule has 0 bridgehead atoms. The maximum Gasteiger partial charge on any atom is 0.125 e. The van der Waals surface area contributed by atoms with E-state index >= 15 is 0 Å². The maximum atomic E-state index is 13.7. The molecule has 0 amide bonds. The van der Waals surface area contributed by atoms with E-state index in [-0.39, 0.29) is 11.9 Å². The largest absolute Gasteiger partial charge is 0.375 e. The molecule has 3 nitrogen and oxygen atoms in total. The van der Waals surface area contributed by atoms with Crippen LogP contribution in [0.15, 0.2) is 18.2 Å². The van der Waals surface area contributed by atoms with Crippen molar-refractivity contribution in [2.75, 3.05) is 24.6 Å². The molecule has 0 aliphatic carbocycles. The lowest BCUT2D eigenvalue weighted by Crippen LogP contribution is -2.48. The summed E-state index contributed by atoms with van der Waals surface area (Å²) in [6.45, 7) is 6.25. The Bertz CT molecular complexity index is 425. The highest BCUT2D eigenvalue weighted by Gasteiger charge is 2.26. The molecular formula is C15H23FN2O. The summed E-state index contributed by atoms with van der Waals surface area (Å²) < 4.78 is 19.4. The second-order valence-corrected chi connectivity index (χ2v) is 5.21. The fourth-order valence-electron chi connectivity index (χ4n) is 2.61. The fraction of sp³-hybridized carbons (Fsp3) is 0.600. The van der Waals surface area contributed by atoms with Gasteiger partial charge in [-0.05, 0) is 50.1 Å². The first kappa shape index (κ1) is 14.3. The summed E-state index contributed by atoms with van der Waals surface area (Å²) in [6, 6.07) is 5.56. The number of hydrogen-bond donors (Lipinski definition) is 1. The third kappa shape index (κ3) is 3.45. The first-order valence-corrected chi connectivity index (χ1v) is 7.01. The van der Waals surface area contributed by atoms with Crippen LogP contribution in [0.25, 0.3) is 0 Å². The Kier molecular flexibility index (Phi) is 4.77. The zero-order chi connectivity index (χ0) is 13.8. The van der Waals surface area contributed by atoms with E-state index in [9.17, 15) is 4.39 Å². The summed E-state index contributed by atoms with van der Waals surface area (Å²) in [6.07, 6.45) is 1.89. The third-order valence-electron chi connectivity index (χ3n) is 3.65. The normalized spacial score (nSPS) is 23.7. The van der Waals surface area contributed by atoms with Crippen LogP contribution in [0.5, 0.6) is 0 Å². The summed E-state index contributed by atoms with van der Waals surface area (Å²) in [5, 5.41) is 0. The smallest absolute Gasteiger partial charge is 0.125 e. The van der Waals surface area contributed by atoms with Gasteiger partial charge in [0.05, 0.1) is 18.8 Å². The van der Waals surface area contributed by atoms with E-state index in [1.165, 1.54) is 0 Å². The Labute approximate surface area is 114 Å². The van der Waals surface area contributed by atoms with Gasteiger partial charge in [-0.3, -0.25) is 0 Å². The Morgan fingerprint density at radius 2 is 2.21 bits per heavy atom. The molecule has 19 heavy (non-hydrogen) atoms. The first-order valence-electron chi connectivity index (χ1n) is 7.01. The van der Waals surface area contributed by atoms with E-state index in [2.05, 4.69) is 24.8 Å². The van der Waals surface area contributed by atoms with Gasteiger partial charge >= 0.3 is 0 Å². The van der Waals surface area contributed by atoms with Gasteiger partial charge in [0.2, 0.25) is 0 Å². The average molecular weight is 266 g/mol. The van der Waals surface area contributed by atoms with Gasteiger partial charge in [0.25, 0.3) is 0 Å². The lowest BCUT2D eigenvalue weighted by Gasteiger charge is -2.40. The maximum absolute atomic E-state index is 13.7. The quantitative estimate of drug-likeness (QED) is 0.909. The van der Waals surface area contributed by atoms with Crippen molar-refractivity contribution < 1.29 is 9.13 Å². The average Bonchev–Trinajstić information content (AvgIpc) is 2.38. The van der Waals surface area contributed by atoms with Gasteiger partial charge in [0.15, 0.2) is 0 Å². The predicted octanol–water partition coefficient (Wildman–Crippen LogP) is 2.33. The van der Waals surface area contributed by atoms with Crippen molar-refractivity contribution >= 4 is 5.69 Å². The van der Waals surface area contributed by atoms with Crippen molar-refractivity contribution in [3.8, 4) is 0 Å². The van der Waals surface area contributed by atoms with Crippen LogP contribution in [0.4, 0.5) is 10.1 Å². The molecule has 2 rings (SSSR count).